The molecule has 6 nitrogen and oxygen atoms in total. The second-order valence-corrected chi connectivity index (χ2v) is 10.7. The van der Waals surface area contributed by atoms with Crippen molar-refractivity contribution in [3.8, 4) is 5.69 Å². The Kier molecular flexibility index (Phi) is 5.79. The van der Waals surface area contributed by atoms with Gasteiger partial charge in [0.2, 0.25) is 0 Å². The minimum Gasteiger partial charge on any atom is -0.337 e. The summed E-state index contributed by atoms with van der Waals surface area (Å²) in [6.07, 6.45) is 0. The first-order valence-electron chi connectivity index (χ1n) is 13.3. The van der Waals surface area contributed by atoms with Crippen LogP contribution < -0.4 is 10.2 Å². The Morgan fingerprint density at radius 3 is 2.23 bits per heavy atom. The fraction of sp³-hybridized carbons (Fsp3) is 0.121. The fourth-order valence-electron chi connectivity index (χ4n) is 5.69. The van der Waals surface area contributed by atoms with E-state index in [1.165, 1.54) is 11.1 Å². The van der Waals surface area contributed by atoms with Crippen molar-refractivity contribution in [2.75, 3.05) is 10.2 Å². The summed E-state index contributed by atoms with van der Waals surface area (Å²) in [5.41, 5.74) is 9.23. The maximum Gasteiger partial charge on any atom is 0.179 e. The number of aromatic nitrogens is 2. The highest BCUT2D eigenvalue weighted by atomic mass is 35.5. The predicted octanol–water partition coefficient (Wildman–Crippen LogP) is 8.25. The van der Waals surface area contributed by atoms with Gasteiger partial charge in [0.05, 0.1) is 28.8 Å². The Bertz CT molecular complexity index is 1800. The summed E-state index contributed by atoms with van der Waals surface area (Å²) in [6, 6.07) is 32.6. The van der Waals surface area contributed by atoms with Gasteiger partial charge in [-0.15, -0.1) is 0 Å². The van der Waals surface area contributed by atoms with Gasteiger partial charge in [-0.05, 0) is 86.0 Å². The molecule has 3 heterocycles. The van der Waals surface area contributed by atoms with Crippen LogP contribution in [0.15, 0.2) is 107 Å². The number of anilines is 2. The van der Waals surface area contributed by atoms with Gasteiger partial charge in [-0.2, -0.15) is 5.10 Å². The molecule has 2 aliphatic rings. The van der Waals surface area contributed by atoms with Crippen LogP contribution in [-0.4, -0.2) is 21.5 Å². The Morgan fingerprint density at radius 2 is 1.48 bits per heavy atom. The number of aliphatic imine (C=N–C) groups is 2. The number of halogens is 1. The van der Waals surface area contributed by atoms with Crippen LogP contribution >= 0.6 is 11.6 Å². The van der Waals surface area contributed by atoms with Gasteiger partial charge in [0.25, 0.3) is 0 Å². The molecular weight excluding hydrogens is 516 g/mol. The van der Waals surface area contributed by atoms with Crippen molar-refractivity contribution in [3.05, 3.63) is 130 Å². The maximum absolute atomic E-state index is 6.34. The summed E-state index contributed by atoms with van der Waals surface area (Å²) in [5.74, 6) is 2.22. The number of nitrogens with zero attached hydrogens (tertiary/aromatic N) is 5. The second kappa shape index (κ2) is 9.50. The van der Waals surface area contributed by atoms with Gasteiger partial charge >= 0.3 is 0 Å². The summed E-state index contributed by atoms with van der Waals surface area (Å²) >= 11 is 6.34. The van der Waals surface area contributed by atoms with E-state index >= 15 is 0 Å². The number of hydrogen-bond donors (Lipinski definition) is 1. The van der Waals surface area contributed by atoms with E-state index < -0.39 is 0 Å². The molecule has 0 radical (unpaired) electrons. The van der Waals surface area contributed by atoms with Crippen LogP contribution in [0.5, 0.6) is 0 Å². The number of fused-ring (bicyclic) bond motifs is 4. The lowest BCUT2D eigenvalue weighted by atomic mass is 9.93. The van der Waals surface area contributed by atoms with Gasteiger partial charge in [-0.3, -0.25) is 0 Å². The highest BCUT2D eigenvalue weighted by Crippen LogP contribution is 2.48. The molecule has 4 aromatic carbocycles. The average Bonchev–Trinajstić information content (AvgIpc) is 3.28. The van der Waals surface area contributed by atoms with Gasteiger partial charge < -0.3 is 10.2 Å². The normalized spacial score (nSPS) is 15.5. The summed E-state index contributed by atoms with van der Waals surface area (Å²) in [6.45, 7) is 6.26. The predicted molar refractivity (Wildman–Crippen MR) is 164 cm³/mol. The van der Waals surface area contributed by atoms with Crippen molar-refractivity contribution in [2.24, 2.45) is 9.98 Å². The van der Waals surface area contributed by atoms with E-state index in [0.717, 1.165) is 51.2 Å². The highest BCUT2D eigenvalue weighted by molar-refractivity contribution is 6.51. The molecule has 1 N–H and O–H groups in total. The van der Waals surface area contributed by atoms with E-state index in [4.69, 9.17) is 26.7 Å². The number of rotatable bonds is 3. The van der Waals surface area contributed by atoms with Gasteiger partial charge in [0, 0.05) is 16.3 Å². The largest absolute Gasteiger partial charge is 0.337 e. The quantitative estimate of drug-likeness (QED) is 0.250. The molecule has 1 aromatic heterocycles. The zero-order chi connectivity index (χ0) is 27.4. The molecule has 40 heavy (non-hydrogen) atoms. The third-order valence-electron chi connectivity index (χ3n) is 7.31. The number of aryl methyl sites for hydroxylation is 3. The standard InChI is InChI=1S/C33H27ClN6/c1-20-17-21(2)19-25(18-20)35-31-33-37-32-29(22(3)38-40(32)26-9-5-4-6-10-26)30(23-13-15-24(34)16-14-23)39(33)28-12-8-7-11-27(28)36-31/h4-19,30H,1-3H3,(H,35,36)/t30-/m1/s1. The van der Waals surface area contributed by atoms with E-state index in [1.807, 2.05) is 53.2 Å². The highest BCUT2D eigenvalue weighted by Gasteiger charge is 2.41. The molecule has 0 unspecified atom stereocenters. The lowest BCUT2D eigenvalue weighted by Crippen LogP contribution is -2.46. The van der Waals surface area contributed by atoms with E-state index in [0.29, 0.717) is 10.9 Å². The lowest BCUT2D eigenvalue weighted by Gasteiger charge is -2.40. The van der Waals surface area contributed by atoms with Crippen LogP contribution in [0.1, 0.15) is 34.0 Å². The second-order valence-electron chi connectivity index (χ2n) is 10.3. The van der Waals surface area contributed by atoms with Crippen molar-refractivity contribution in [1.82, 2.24) is 9.78 Å². The lowest BCUT2D eigenvalue weighted by molar-refractivity contribution is 0.815. The summed E-state index contributed by atoms with van der Waals surface area (Å²) < 4.78 is 1.94. The third kappa shape index (κ3) is 4.08. The van der Waals surface area contributed by atoms with Crippen LogP contribution in [0.4, 0.5) is 22.9 Å². The van der Waals surface area contributed by atoms with Crippen LogP contribution in [0, 0.1) is 20.8 Å². The van der Waals surface area contributed by atoms with Crippen molar-refractivity contribution in [3.63, 3.8) is 0 Å². The molecule has 0 fully saturated rings. The first kappa shape index (κ1) is 24.4. The SMILES string of the molecule is Cc1cc(C)cc(NC2=Nc3ccccc3N3C2=Nc2c(c(C)nn2-c2ccccc2)[C@H]3c2ccc(Cl)cc2)c1. The van der Waals surface area contributed by atoms with Gasteiger partial charge in [0.15, 0.2) is 17.5 Å². The topological polar surface area (TPSA) is 57.8 Å². The average molecular weight is 543 g/mol. The molecule has 1 atom stereocenters. The zero-order valence-electron chi connectivity index (χ0n) is 22.4. The van der Waals surface area contributed by atoms with E-state index in [2.05, 4.69) is 79.5 Å². The molecule has 5 aromatic rings. The first-order valence-corrected chi connectivity index (χ1v) is 13.7. The van der Waals surface area contributed by atoms with Gasteiger partial charge in [0.1, 0.15) is 0 Å². The van der Waals surface area contributed by atoms with Crippen LogP contribution in [-0.2, 0) is 0 Å². The zero-order valence-corrected chi connectivity index (χ0v) is 23.2. The summed E-state index contributed by atoms with van der Waals surface area (Å²) in [7, 11) is 0. The molecule has 7 rings (SSSR count). The van der Waals surface area contributed by atoms with E-state index in [-0.39, 0.29) is 6.04 Å². The number of benzene rings is 4. The van der Waals surface area contributed by atoms with Crippen molar-refractivity contribution in [1.29, 1.82) is 0 Å². The Balaban J connectivity index is 1.50. The molecule has 2 aliphatic heterocycles. The molecule has 0 aliphatic carbocycles. The van der Waals surface area contributed by atoms with E-state index in [1.54, 1.807) is 0 Å². The number of amidine groups is 2. The van der Waals surface area contributed by atoms with Crippen molar-refractivity contribution < 1.29 is 0 Å². The molecule has 0 saturated heterocycles. The van der Waals surface area contributed by atoms with Crippen LogP contribution in [0.2, 0.25) is 5.02 Å². The maximum atomic E-state index is 6.34. The van der Waals surface area contributed by atoms with Crippen LogP contribution in [0.3, 0.4) is 0 Å². The molecular formula is C33H27ClN6. The smallest absolute Gasteiger partial charge is 0.179 e. The Morgan fingerprint density at radius 1 is 0.775 bits per heavy atom. The van der Waals surface area contributed by atoms with E-state index in [9.17, 15) is 0 Å². The minimum atomic E-state index is -0.190. The molecule has 196 valence electrons. The summed E-state index contributed by atoms with van der Waals surface area (Å²) in [4.78, 5) is 12.7. The monoisotopic (exact) mass is 542 g/mol. The van der Waals surface area contributed by atoms with Gasteiger partial charge in [-0.1, -0.05) is 60.1 Å². The fourth-order valence-corrected chi connectivity index (χ4v) is 5.82. The molecule has 0 saturated carbocycles. The number of nitrogens with one attached hydrogen (secondary N) is 1. The molecule has 0 spiro atoms. The Labute approximate surface area is 238 Å². The Hall–Kier alpha value is -4.68. The van der Waals surface area contributed by atoms with Gasteiger partial charge in [-0.25, -0.2) is 14.7 Å². The van der Waals surface area contributed by atoms with Crippen molar-refractivity contribution >= 4 is 46.2 Å². The summed E-state index contributed by atoms with van der Waals surface area (Å²) in [5, 5.41) is 9.30. The molecule has 7 heteroatoms. The minimum absolute atomic E-state index is 0.190. The number of hydrogen-bond acceptors (Lipinski definition) is 5. The molecule has 0 bridgehead atoms. The third-order valence-corrected chi connectivity index (χ3v) is 7.56. The first-order chi connectivity index (χ1) is 19.5. The van der Waals surface area contributed by atoms with Crippen molar-refractivity contribution in [2.45, 2.75) is 26.8 Å². The number of para-hydroxylation sites is 3. The molecule has 0 amide bonds. The van der Waals surface area contributed by atoms with Crippen LogP contribution in [0.25, 0.3) is 5.69 Å².